The molecule has 0 radical (unpaired) electrons. The Kier molecular flexibility index (Phi) is 6.84. The normalized spacial score (nSPS) is 17.6. The van der Waals surface area contributed by atoms with Gasteiger partial charge >= 0.3 is 0 Å². The van der Waals surface area contributed by atoms with Crippen LogP contribution in [0, 0.1) is 16.7 Å². The molecule has 1 aliphatic carbocycles. The van der Waals surface area contributed by atoms with Gasteiger partial charge in [0.15, 0.2) is 0 Å². The zero-order valence-electron chi connectivity index (χ0n) is 13.2. The van der Waals surface area contributed by atoms with Crippen molar-refractivity contribution in [3.63, 3.8) is 0 Å². The van der Waals surface area contributed by atoms with E-state index in [0.29, 0.717) is 18.4 Å². The quantitative estimate of drug-likeness (QED) is 0.817. The second kappa shape index (κ2) is 6.94. The lowest BCUT2D eigenvalue weighted by atomic mass is 9.63. The Labute approximate surface area is 124 Å². The lowest BCUT2D eigenvalue weighted by molar-refractivity contribution is -0.148. The number of nitrogens with zero attached hydrogens (tertiary/aromatic N) is 1. The fourth-order valence-corrected chi connectivity index (χ4v) is 3.07. The first-order valence-electron chi connectivity index (χ1n) is 7.18. The summed E-state index contributed by atoms with van der Waals surface area (Å²) in [5, 5.41) is 0. The molecule has 0 unspecified atom stereocenters. The SMILES string of the molecule is CC(C)CC1(C(=O)N(C)CC(C)(C)CN)CCC1.Cl. The van der Waals surface area contributed by atoms with Gasteiger partial charge in [0, 0.05) is 19.0 Å². The Morgan fingerprint density at radius 2 is 1.89 bits per heavy atom. The minimum Gasteiger partial charge on any atom is -0.345 e. The molecular formula is C15H31ClN2O. The highest BCUT2D eigenvalue weighted by Crippen LogP contribution is 2.47. The van der Waals surface area contributed by atoms with Crippen LogP contribution < -0.4 is 5.73 Å². The smallest absolute Gasteiger partial charge is 0.228 e. The zero-order chi connectivity index (χ0) is 14.0. The molecule has 1 saturated carbocycles. The average Bonchev–Trinajstić information content (AvgIpc) is 2.21. The third-order valence-corrected chi connectivity index (χ3v) is 4.13. The van der Waals surface area contributed by atoms with Gasteiger partial charge in [-0.3, -0.25) is 4.79 Å². The molecule has 0 aliphatic heterocycles. The summed E-state index contributed by atoms with van der Waals surface area (Å²) >= 11 is 0. The van der Waals surface area contributed by atoms with Crippen LogP contribution in [0.2, 0.25) is 0 Å². The van der Waals surface area contributed by atoms with Crippen molar-refractivity contribution in [1.82, 2.24) is 4.90 Å². The predicted octanol–water partition coefficient (Wildman–Crippen LogP) is 3.07. The molecule has 0 spiro atoms. The highest BCUT2D eigenvalue weighted by Gasteiger charge is 2.46. The fraction of sp³-hybridized carbons (Fsp3) is 0.933. The van der Waals surface area contributed by atoms with Crippen molar-refractivity contribution in [1.29, 1.82) is 0 Å². The van der Waals surface area contributed by atoms with E-state index >= 15 is 0 Å². The molecule has 3 nitrogen and oxygen atoms in total. The van der Waals surface area contributed by atoms with Gasteiger partial charge in [0.2, 0.25) is 5.91 Å². The third kappa shape index (κ3) is 4.64. The van der Waals surface area contributed by atoms with Crippen LogP contribution in [0.15, 0.2) is 0 Å². The molecule has 1 aliphatic rings. The van der Waals surface area contributed by atoms with Crippen LogP contribution in [0.4, 0.5) is 0 Å². The molecule has 114 valence electrons. The van der Waals surface area contributed by atoms with Crippen molar-refractivity contribution < 1.29 is 4.79 Å². The summed E-state index contributed by atoms with van der Waals surface area (Å²) in [4.78, 5) is 14.6. The Bertz CT molecular complexity index is 299. The van der Waals surface area contributed by atoms with E-state index < -0.39 is 0 Å². The van der Waals surface area contributed by atoms with E-state index in [1.807, 2.05) is 11.9 Å². The van der Waals surface area contributed by atoms with Crippen molar-refractivity contribution in [2.24, 2.45) is 22.5 Å². The van der Waals surface area contributed by atoms with Crippen LogP contribution in [0.25, 0.3) is 0 Å². The van der Waals surface area contributed by atoms with E-state index in [9.17, 15) is 4.79 Å². The van der Waals surface area contributed by atoms with Gasteiger partial charge in [0.05, 0.1) is 0 Å². The first-order valence-corrected chi connectivity index (χ1v) is 7.18. The fourth-order valence-electron chi connectivity index (χ4n) is 3.07. The van der Waals surface area contributed by atoms with E-state index in [4.69, 9.17) is 5.73 Å². The van der Waals surface area contributed by atoms with Gasteiger partial charge in [-0.05, 0) is 37.1 Å². The predicted molar refractivity (Wildman–Crippen MR) is 83.5 cm³/mol. The van der Waals surface area contributed by atoms with Gasteiger partial charge in [-0.15, -0.1) is 12.4 Å². The van der Waals surface area contributed by atoms with Crippen molar-refractivity contribution in [2.45, 2.75) is 53.4 Å². The number of hydrogen-bond acceptors (Lipinski definition) is 2. The van der Waals surface area contributed by atoms with Crippen LogP contribution in [0.5, 0.6) is 0 Å². The van der Waals surface area contributed by atoms with Crippen molar-refractivity contribution in [3.05, 3.63) is 0 Å². The van der Waals surface area contributed by atoms with E-state index in [-0.39, 0.29) is 23.2 Å². The Morgan fingerprint density at radius 3 is 2.21 bits per heavy atom. The van der Waals surface area contributed by atoms with Crippen LogP contribution >= 0.6 is 12.4 Å². The van der Waals surface area contributed by atoms with E-state index in [2.05, 4.69) is 27.7 Å². The number of carbonyl (C=O) groups is 1. The summed E-state index contributed by atoms with van der Waals surface area (Å²) in [7, 11) is 1.93. The molecule has 0 heterocycles. The first-order chi connectivity index (χ1) is 8.22. The number of rotatable bonds is 6. The van der Waals surface area contributed by atoms with E-state index in [1.165, 1.54) is 6.42 Å². The average molecular weight is 291 g/mol. The Balaban J connectivity index is 0.00000324. The topological polar surface area (TPSA) is 46.3 Å². The zero-order valence-corrected chi connectivity index (χ0v) is 14.0. The van der Waals surface area contributed by atoms with Crippen molar-refractivity contribution >= 4 is 18.3 Å². The van der Waals surface area contributed by atoms with E-state index in [1.54, 1.807) is 0 Å². The van der Waals surface area contributed by atoms with Crippen LogP contribution in [-0.2, 0) is 4.79 Å². The molecule has 0 bridgehead atoms. The van der Waals surface area contributed by atoms with Gasteiger partial charge in [0.25, 0.3) is 0 Å². The highest BCUT2D eigenvalue weighted by atomic mass is 35.5. The summed E-state index contributed by atoms with van der Waals surface area (Å²) in [5.41, 5.74) is 5.70. The molecule has 1 amide bonds. The third-order valence-electron chi connectivity index (χ3n) is 4.13. The molecule has 0 atom stereocenters. The van der Waals surface area contributed by atoms with Gasteiger partial charge in [-0.1, -0.05) is 34.1 Å². The highest BCUT2D eigenvalue weighted by molar-refractivity contribution is 5.85. The maximum Gasteiger partial charge on any atom is 0.228 e. The van der Waals surface area contributed by atoms with Crippen LogP contribution in [0.3, 0.4) is 0 Å². The largest absolute Gasteiger partial charge is 0.345 e. The van der Waals surface area contributed by atoms with Gasteiger partial charge in [-0.25, -0.2) is 0 Å². The molecular weight excluding hydrogens is 260 g/mol. The van der Waals surface area contributed by atoms with Crippen LogP contribution in [0.1, 0.15) is 53.4 Å². The molecule has 1 fully saturated rings. The minimum atomic E-state index is -0.0619. The number of nitrogens with two attached hydrogens (primary N) is 1. The summed E-state index contributed by atoms with van der Waals surface area (Å²) < 4.78 is 0. The van der Waals surface area contributed by atoms with Gasteiger partial charge < -0.3 is 10.6 Å². The molecule has 1 rings (SSSR count). The summed E-state index contributed by atoms with van der Waals surface area (Å²) in [6.07, 6.45) is 4.36. The van der Waals surface area contributed by atoms with Gasteiger partial charge in [0.1, 0.15) is 0 Å². The number of hydrogen-bond donors (Lipinski definition) is 1. The second-order valence-corrected chi connectivity index (χ2v) is 7.26. The molecule has 0 aromatic carbocycles. The standard InChI is InChI=1S/C15H30N2O.ClH/c1-12(2)9-15(7-6-8-15)13(18)17(5)11-14(3,4)10-16;/h12H,6-11,16H2,1-5H3;1H. The Hall–Kier alpha value is -0.280. The Morgan fingerprint density at radius 1 is 1.37 bits per heavy atom. The maximum absolute atomic E-state index is 12.7. The summed E-state index contributed by atoms with van der Waals surface area (Å²) in [5.74, 6) is 0.925. The molecule has 0 saturated heterocycles. The number of carbonyl (C=O) groups excluding carboxylic acids is 1. The summed E-state index contributed by atoms with van der Waals surface area (Å²) in [6, 6.07) is 0. The lowest BCUT2D eigenvalue weighted by Crippen LogP contribution is -2.50. The minimum absolute atomic E-state index is 0. The van der Waals surface area contributed by atoms with Gasteiger partial charge in [-0.2, -0.15) is 0 Å². The van der Waals surface area contributed by atoms with E-state index in [0.717, 1.165) is 25.8 Å². The molecule has 0 aromatic heterocycles. The first kappa shape index (κ1) is 18.7. The monoisotopic (exact) mass is 290 g/mol. The van der Waals surface area contributed by atoms with Crippen molar-refractivity contribution in [2.75, 3.05) is 20.1 Å². The molecule has 0 aromatic rings. The maximum atomic E-state index is 12.7. The molecule has 19 heavy (non-hydrogen) atoms. The molecule has 4 heteroatoms. The lowest BCUT2D eigenvalue weighted by Gasteiger charge is -2.45. The van der Waals surface area contributed by atoms with Crippen LogP contribution in [-0.4, -0.2) is 30.9 Å². The summed E-state index contributed by atoms with van der Waals surface area (Å²) in [6.45, 7) is 10.0. The molecule has 2 N–H and O–H groups in total. The second-order valence-electron chi connectivity index (χ2n) is 7.26. The van der Waals surface area contributed by atoms with Crippen molar-refractivity contribution in [3.8, 4) is 0 Å². The number of halogens is 1. The number of amides is 1.